The number of aryl methyl sites for hydroxylation is 1. The molecule has 0 atom stereocenters. The molecule has 0 amide bonds. The fraction of sp³-hybridized carbons (Fsp3) is 0.550. The van der Waals surface area contributed by atoms with Gasteiger partial charge >= 0.3 is 0 Å². The predicted octanol–water partition coefficient (Wildman–Crippen LogP) is 1.79. The molecule has 0 saturated carbocycles. The van der Waals surface area contributed by atoms with Crippen molar-refractivity contribution in [3.05, 3.63) is 42.4 Å². The average molecular weight is 512 g/mol. The Morgan fingerprint density at radius 3 is 2.69 bits per heavy atom. The van der Waals surface area contributed by atoms with Gasteiger partial charge in [-0.2, -0.15) is 5.10 Å². The van der Waals surface area contributed by atoms with Crippen LogP contribution in [0.15, 0.2) is 41.8 Å². The maximum atomic E-state index is 4.57. The molecule has 1 aliphatic rings. The average Bonchev–Trinajstić information content (AvgIpc) is 3.27. The molecule has 2 aromatic rings. The molecule has 160 valence electrons. The first-order chi connectivity index (χ1) is 13.8. The number of likely N-dealkylation sites (N-methyl/N-ethyl adjacent to an activating group) is 1. The Morgan fingerprint density at radius 1 is 1.17 bits per heavy atom. The highest BCUT2D eigenvalue weighted by atomic mass is 127. The molecule has 1 saturated heterocycles. The number of halogens is 1. The summed E-state index contributed by atoms with van der Waals surface area (Å²) < 4.78 is 1.94. The van der Waals surface area contributed by atoms with Crippen LogP contribution in [0.5, 0.6) is 0 Å². The van der Waals surface area contributed by atoms with E-state index in [0.29, 0.717) is 0 Å². The highest BCUT2D eigenvalue weighted by molar-refractivity contribution is 14.0. The zero-order chi connectivity index (χ0) is 19.6. The Hall–Kier alpha value is -1.88. The van der Waals surface area contributed by atoms with Gasteiger partial charge in [-0.15, -0.1) is 24.0 Å². The van der Waals surface area contributed by atoms with E-state index in [1.54, 1.807) is 13.2 Å². The van der Waals surface area contributed by atoms with Crippen molar-refractivity contribution in [1.29, 1.82) is 0 Å². The van der Waals surface area contributed by atoms with Crippen LogP contribution < -0.4 is 15.5 Å². The second-order valence-corrected chi connectivity index (χ2v) is 6.92. The Bertz CT molecular complexity index is 726. The SMILES string of the molecule is CCN1CCN(c2cc(CNC(=NC)NCCCn3cccn3)ccn2)CC1.I. The standard InChI is InChI=1S/C20H32N8.HI/c1-3-26-12-14-27(15-13-26)19-16-18(6-9-22-19)17-24-20(21-2)23-7-4-10-28-11-5-8-25-28;/h5-6,8-9,11,16H,3-4,7,10,12-15,17H2,1-2H3,(H2,21,23,24);1H. The fourth-order valence-corrected chi connectivity index (χ4v) is 3.32. The normalized spacial score (nSPS) is 15.1. The number of nitrogens with zero attached hydrogens (tertiary/aromatic N) is 6. The van der Waals surface area contributed by atoms with Crippen molar-refractivity contribution in [2.24, 2.45) is 4.99 Å². The summed E-state index contributed by atoms with van der Waals surface area (Å²) in [5.74, 6) is 1.88. The molecule has 0 spiro atoms. The number of aromatic nitrogens is 3. The van der Waals surface area contributed by atoms with Gasteiger partial charge in [0.2, 0.25) is 0 Å². The summed E-state index contributed by atoms with van der Waals surface area (Å²) in [4.78, 5) is 13.7. The minimum Gasteiger partial charge on any atom is -0.356 e. The van der Waals surface area contributed by atoms with Crippen molar-refractivity contribution in [3.63, 3.8) is 0 Å². The quantitative estimate of drug-likeness (QED) is 0.243. The van der Waals surface area contributed by atoms with Crippen LogP contribution in [0.2, 0.25) is 0 Å². The molecule has 29 heavy (non-hydrogen) atoms. The summed E-state index contributed by atoms with van der Waals surface area (Å²) in [5.41, 5.74) is 1.21. The lowest BCUT2D eigenvalue weighted by Gasteiger charge is -2.34. The van der Waals surface area contributed by atoms with Gasteiger partial charge in [-0.25, -0.2) is 4.98 Å². The first-order valence-corrected chi connectivity index (χ1v) is 10.1. The summed E-state index contributed by atoms with van der Waals surface area (Å²) in [6.45, 7) is 10.1. The van der Waals surface area contributed by atoms with E-state index >= 15 is 0 Å². The largest absolute Gasteiger partial charge is 0.356 e. The Kier molecular flexibility index (Phi) is 10.2. The zero-order valence-electron chi connectivity index (χ0n) is 17.4. The van der Waals surface area contributed by atoms with E-state index in [9.17, 15) is 0 Å². The lowest BCUT2D eigenvalue weighted by Crippen LogP contribution is -2.46. The number of rotatable bonds is 8. The minimum absolute atomic E-state index is 0. The molecule has 0 aliphatic carbocycles. The van der Waals surface area contributed by atoms with E-state index < -0.39 is 0 Å². The van der Waals surface area contributed by atoms with Gasteiger partial charge in [-0.1, -0.05) is 6.92 Å². The van der Waals surface area contributed by atoms with Crippen molar-refractivity contribution < 1.29 is 0 Å². The van der Waals surface area contributed by atoms with Gasteiger partial charge in [0, 0.05) is 71.5 Å². The number of guanidine groups is 1. The molecule has 2 aromatic heterocycles. The second kappa shape index (κ2) is 12.6. The van der Waals surface area contributed by atoms with Crippen LogP contribution in [0, 0.1) is 0 Å². The van der Waals surface area contributed by atoms with Gasteiger partial charge in [0.05, 0.1) is 0 Å². The topological polar surface area (TPSA) is 73.6 Å². The van der Waals surface area contributed by atoms with Gasteiger partial charge in [-0.3, -0.25) is 9.67 Å². The van der Waals surface area contributed by atoms with Crippen LogP contribution >= 0.6 is 24.0 Å². The molecule has 3 rings (SSSR count). The number of aliphatic imine (C=N–C) groups is 1. The number of hydrogen-bond donors (Lipinski definition) is 2. The number of hydrogen-bond acceptors (Lipinski definition) is 5. The minimum atomic E-state index is 0. The third-order valence-electron chi connectivity index (χ3n) is 5.05. The predicted molar refractivity (Wildman–Crippen MR) is 129 cm³/mol. The molecular formula is C20H33IN8. The van der Waals surface area contributed by atoms with Crippen molar-refractivity contribution in [1.82, 2.24) is 30.3 Å². The second-order valence-electron chi connectivity index (χ2n) is 6.92. The lowest BCUT2D eigenvalue weighted by molar-refractivity contribution is 0.270. The van der Waals surface area contributed by atoms with Crippen LogP contribution in [-0.4, -0.2) is 71.9 Å². The molecule has 8 nitrogen and oxygen atoms in total. The number of piperazine rings is 1. The highest BCUT2D eigenvalue weighted by Crippen LogP contribution is 2.15. The summed E-state index contributed by atoms with van der Waals surface area (Å²) in [6, 6.07) is 6.18. The van der Waals surface area contributed by atoms with E-state index in [0.717, 1.165) is 70.6 Å². The van der Waals surface area contributed by atoms with Crippen LogP contribution in [0.25, 0.3) is 0 Å². The van der Waals surface area contributed by atoms with E-state index in [4.69, 9.17) is 0 Å². The molecule has 0 bridgehead atoms. The van der Waals surface area contributed by atoms with Gasteiger partial charge in [-0.05, 0) is 36.7 Å². The maximum Gasteiger partial charge on any atom is 0.191 e. The van der Waals surface area contributed by atoms with Crippen LogP contribution in [-0.2, 0) is 13.1 Å². The lowest BCUT2D eigenvalue weighted by atomic mass is 10.2. The van der Waals surface area contributed by atoms with E-state index in [2.05, 4.69) is 54.6 Å². The van der Waals surface area contributed by atoms with Gasteiger partial charge < -0.3 is 20.4 Å². The van der Waals surface area contributed by atoms with Crippen molar-refractivity contribution in [3.8, 4) is 0 Å². The number of anilines is 1. The molecular weight excluding hydrogens is 479 g/mol. The number of pyridine rings is 1. The molecule has 1 aliphatic heterocycles. The van der Waals surface area contributed by atoms with Crippen molar-refractivity contribution in [2.75, 3.05) is 51.2 Å². The van der Waals surface area contributed by atoms with Crippen LogP contribution in [0.3, 0.4) is 0 Å². The summed E-state index contributed by atoms with van der Waals surface area (Å²) in [6.07, 6.45) is 6.68. The summed E-state index contributed by atoms with van der Waals surface area (Å²) in [7, 11) is 1.80. The van der Waals surface area contributed by atoms with E-state index in [1.165, 1.54) is 5.56 Å². The first-order valence-electron chi connectivity index (χ1n) is 10.1. The molecule has 2 N–H and O–H groups in total. The number of nitrogens with one attached hydrogen (secondary N) is 2. The first kappa shape index (κ1) is 23.4. The van der Waals surface area contributed by atoms with E-state index in [1.807, 2.05) is 23.1 Å². The van der Waals surface area contributed by atoms with Crippen molar-refractivity contribution >= 4 is 35.8 Å². The molecule has 0 unspecified atom stereocenters. The van der Waals surface area contributed by atoms with E-state index in [-0.39, 0.29) is 24.0 Å². The smallest absolute Gasteiger partial charge is 0.191 e. The van der Waals surface area contributed by atoms with Gasteiger partial charge in [0.25, 0.3) is 0 Å². The molecule has 3 heterocycles. The Labute approximate surface area is 190 Å². The van der Waals surface area contributed by atoms with Crippen molar-refractivity contribution in [2.45, 2.75) is 26.4 Å². The van der Waals surface area contributed by atoms with Crippen LogP contribution in [0.4, 0.5) is 5.82 Å². The summed E-state index contributed by atoms with van der Waals surface area (Å²) in [5, 5.41) is 11.0. The molecule has 0 aromatic carbocycles. The maximum absolute atomic E-state index is 4.57. The fourth-order valence-electron chi connectivity index (χ4n) is 3.32. The van der Waals surface area contributed by atoms with Crippen LogP contribution in [0.1, 0.15) is 18.9 Å². The van der Waals surface area contributed by atoms with Gasteiger partial charge in [0.15, 0.2) is 5.96 Å². The highest BCUT2D eigenvalue weighted by Gasteiger charge is 2.16. The molecule has 0 radical (unpaired) electrons. The molecule has 9 heteroatoms. The Balaban J connectivity index is 0.00000300. The molecule has 1 fully saturated rings. The third-order valence-corrected chi connectivity index (χ3v) is 5.05. The van der Waals surface area contributed by atoms with Gasteiger partial charge in [0.1, 0.15) is 5.82 Å². The zero-order valence-corrected chi connectivity index (χ0v) is 19.7. The summed E-state index contributed by atoms with van der Waals surface area (Å²) >= 11 is 0. The third kappa shape index (κ3) is 7.46. The Morgan fingerprint density at radius 2 is 2.00 bits per heavy atom. The monoisotopic (exact) mass is 512 g/mol.